The molecule has 0 bridgehead atoms. The van der Waals surface area contributed by atoms with Crippen LogP contribution in [0.15, 0.2) is 15.9 Å². The van der Waals surface area contributed by atoms with Crippen LogP contribution >= 0.6 is 27.3 Å². The van der Waals surface area contributed by atoms with Crippen molar-refractivity contribution in [3.63, 3.8) is 0 Å². The molecule has 0 spiro atoms. The van der Waals surface area contributed by atoms with Crippen LogP contribution in [-0.2, 0) is 16.1 Å². The summed E-state index contributed by atoms with van der Waals surface area (Å²) in [6.07, 6.45) is -2.39. The third kappa shape index (κ3) is 6.09. The van der Waals surface area contributed by atoms with Gasteiger partial charge in [0.15, 0.2) is 0 Å². The number of ether oxygens (including phenoxy) is 1. The van der Waals surface area contributed by atoms with Crippen LogP contribution in [0.25, 0.3) is 0 Å². The van der Waals surface area contributed by atoms with Crippen molar-refractivity contribution in [2.75, 3.05) is 13.2 Å². The van der Waals surface area contributed by atoms with Crippen molar-refractivity contribution >= 4 is 33.2 Å². The van der Waals surface area contributed by atoms with E-state index in [1.54, 1.807) is 0 Å². The summed E-state index contributed by atoms with van der Waals surface area (Å²) >= 11 is 4.88. The largest absolute Gasteiger partial charge is 0.375 e. The molecule has 3 nitrogen and oxygen atoms in total. The van der Waals surface area contributed by atoms with E-state index in [1.807, 2.05) is 11.4 Å². The summed E-state index contributed by atoms with van der Waals surface area (Å²) in [5.41, 5.74) is 0. The molecular weight excluding hydrogens is 316 g/mol. The van der Waals surface area contributed by atoms with E-state index in [1.165, 1.54) is 11.3 Å². The smallest absolute Gasteiger partial charge is 0.261 e. The first kappa shape index (κ1) is 14.5. The summed E-state index contributed by atoms with van der Waals surface area (Å²) < 4.78 is 29.0. The molecule has 0 aliphatic rings. The zero-order valence-electron chi connectivity index (χ0n) is 8.92. The van der Waals surface area contributed by atoms with E-state index >= 15 is 0 Å². The minimum Gasteiger partial charge on any atom is -0.375 e. The highest BCUT2D eigenvalue weighted by Gasteiger charge is 2.06. The first-order chi connectivity index (χ1) is 8.09. The molecule has 0 aliphatic heterocycles. The van der Waals surface area contributed by atoms with Crippen LogP contribution in [0.1, 0.15) is 11.3 Å². The highest BCUT2D eigenvalue weighted by atomic mass is 79.9. The van der Waals surface area contributed by atoms with Gasteiger partial charge in [0, 0.05) is 15.8 Å². The van der Waals surface area contributed by atoms with Gasteiger partial charge in [-0.25, -0.2) is 8.78 Å². The Bertz CT molecular complexity index is 360. The summed E-state index contributed by atoms with van der Waals surface area (Å²) in [5, 5.41) is 4.60. The fourth-order valence-corrected chi connectivity index (χ4v) is 2.49. The van der Waals surface area contributed by atoms with E-state index in [4.69, 9.17) is 0 Å². The van der Waals surface area contributed by atoms with Crippen molar-refractivity contribution in [1.82, 2.24) is 5.32 Å². The second-order valence-corrected chi connectivity index (χ2v) is 5.04. The Morgan fingerprint density at radius 2 is 2.35 bits per heavy atom. The van der Waals surface area contributed by atoms with Gasteiger partial charge in [-0.05, 0) is 27.4 Å². The molecule has 0 saturated heterocycles. The van der Waals surface area contributed by atoms with Crippen molar-refractivity contribution in [3.8, 4) is 0 Å². The molecular formula is C10H12BrF2NO2S. The average Bonchev–Trinajstić information content (AvgIpc) is 2.67. The molecule has 1 N–H and O–H groups in total. The number of carbonyl (C=O) groups is 1. The summed E-state index contributed by atoms with van der Waals surface area (Å²) in [4.78, 5) is 12.3. The van der Waals surface area contributed by atoms with Gasteiger partial charge in [-0.2, -0.15) is 0 Å². The van der Waals surface area contributed by atoms with E-state index in [0.29, 0.717) is 6.54 Å². The zero-order valence-corrected chi connectivity index (χ0v) is 11.3. The van der Waals surface area contributed by atoms with E-state index < -0.39 is 13.0 Å². The summed E-state index contributed by atoms with van der Waals surface area (Å²) in [6, 6.07) is 1.90. The maximum Gasteiger partial charge on any atom is 0.261 e. The molecule has 0 atom stereocenters. The second-order valence-electron chi connectivity index (χ2n) is 3.18. The van der Waals surface area contributed by atoms with Crippen LogP contribution in [0.2, 0.25) is 0 Å². The normalized spacial score (nSPS) is 10.8. The molecule has 1 aromatic heterocycles. The fraction of sp³-hybridized carbons (Fsp3) is 0.500. The van der Waals surface area contributed by atoms with Gasteiger partial charge in [-0.3, -0.25) is 4.79 Å². The number of hydrogen-bond acceptors (Lipinski definition) is 3. The standard InChI is InChI=1S/C10H12BrF2NO2S/c11-7-2-4-17-8(7)5-14-10(15)1-3-16-6-9(12)13/h2,4,9H,1,3,5-6H2,(H,14,15). The van der Waals surface area contributed by atoms with Crippen LogP contribution in [0.3, 0.4) is 0 Å². The van der Waals surface area contributed by atoms with Gasteiger partial charge in [-0.15, -0.1) is 11.3 Å². The van der Waals surface area contributed by atoms with Gasteiger partial charge in [-0.1, -0.05) is 0 Å². The number of amides is 1. The van der Waals surface area contributed by atoms with Gasteiger partial charge in [0.1, 0.15) is 6.61 Å². The highest BCUT2D eigenvalue weighted by Crippen LogP contribution is 2.22. The molecule has 0 aliphatic carbocycles. The van der Waals surface area contributed by atoms with Gasteiger partial charge in [0.2, 0.25) is 5.91 Å². The fourth-order valence-electron chi connectivity index (χ4n) is 1.06. The molecule has 7 heteroatoms. The maximum atomic E-state index is 11.7. The summed E-state index contributed by atoms with van der Waals surface area (Å²) in [6.45, 7) is -0.169. The van der Waals surface area contributed by atoms with E-state index in [2.05, 4.69) is 26.0 Å². The summed E-state index contributed by atoms with van der Waals surface area (Å²) in [5.74, 6) is -0.209. The molecule has 96 valence electrons. The first-order valence-electron chi connectivity index (χ1n) is 4.94. The Morgan fingerprint density at radius 3 is 2.94 bits per heavy atom. The van der Waals surface area contributed by atoms with Crippen LogP contribution in [0.4, 0.5) is 8.78 Å². The predicted molar refractivity (Wildman–Crippen MR) is 65.3 cm³/mol. The number of hydrogen-bond donors (Lipinski definition) is 1. The van der Waals surface area contributed by atoms with Crippen molar-refractivity contribution in [3.05, 3.63) is 20.8 Å². The minimum atomic E-state index is -2.49. The van der Waals surface area contributed by atoms with Crippen LogP contribution < -0.4 is 5.32 Å². The van der Waals surface area contributed by atoms with Crippen molar-refractivity contribution in [2.45, 2.75) is 19.4 Å². The Hall–Kier alpha value is -0.530. The Labute approximate surface area is 110 Å². The number of halogens is 3. The van der Waals surface area contributed by atoms with Gasteiger partial charge in [0.25, 0.3) is 6.43 Å². The molecule has 0 unspecified atom stereocenters. The predicted octanol–water partition coefficient (Wildman–Crippen LogP) is 2.80. The molecule has 1 heterocycles. The number of thiophene rings is 1. The van der Waals surface area contributed by atoms with Crippen LogP contribution in [0, 0.1) is 0 Å². The highest BCUT2D eigenvalue weighted by molar-refractivity contribution is 9.10. The van der Waals surface area contributed by atoms with Gasteiger partial charge < -0.3 is 10.1 Å². The topological polar surface area (TPSA) is 38.3 Å². The van der Waals surface area contributed by atoms with Crippen LogP contribution in [-0.4, -0.2) is 25.5 Å². The summed E-state index contributed by atoms with van der Waals surface area (Å²) in [7, 11) is 0. The second kappa shape index (κ2) is 7.73. The Kier molecular flexibility index (Phi) is 6.61. The van der Waals surface area contributed by atoms with Crippen molar-refractivity contribution in [2.24, 2.45) is 0 Å². The molecule has 1 rings (SSSR count). The Morgan fingerprint density at radius 1 is 1.59 bits per heavy atom. The van der Waals surface area contributed by atoms with Gasteiger partial charge >= 0.3 is 0 Å². The molecule has 17 heavy (non-hydrogen) atoms. The molecule has 1 amide bonds. The first-order valence-corrected chi connectivity index (χ1v) is 6.61. The van der Waals surface area contributed by atoms with Crippen molar-refractivity contribution < 1.29 is 18.3 Å². The number of nitrogens with one attached hydrogen (secondary N) is 1. The number of rotatable bonds is 7. The average molecular weight is 328 g/mol. The van der Waals surface area contributed by atoms with E-state index in [0.717, 1.165) is 9.35 Å². The molecule has 0 radical (unpaired) electrons. The lowest BCUT2D eigenvalue weighted by Gasteiger charge is -2.05. The molecule has 0 saturated carbocycles. The van der Waals surface area contributed by atoms with Gasteiger partial charge in [0.05, 0.1) is 13.2 Å². The Balaban J connectivity index is 2.11. The molecule has 1 aromatic rings. The molecule has 0 fully saturated rings. The SMILES string of the molecule is O=C(CCOCC(F)F)NCc1sccc1Br. The number of alkyl halides is 2. The monoisotopic (exact) mass is 327 g/mol. The zero-order chi connectivity index (χ0) is 12.7. The maximum absolute atomic E-state index is 11.7. The van der Waals surface area contributed by atoms with Crippen molar-refractivity contribution in [1.29, 1.82) is 0 Å². The lowest BCUT2D eigenvalue weighted by Crippen LogP contribution is -2.24. The van der Waals surface area contributed by atoms with Crippen LogP contribution in [0.5, 0.6) is 0 Å². The number of carbonyl (C=O) groups excluding carboxylic acids is 1. The lowest BCUT2D eigenvalue weighted by molar-refractivity contribution is -0.122. The third-order valence-corrected chi connectivity index (χ3v) is 3.78. The molecule has 0 aromatic carbocycles. The van der Waals surface area contributed by atoms with E-state index in [-0.39, 0.29) is 18.9 Å². The third-order valence-electron chi connectivity index (χ3n) is 1.85. The lowest BCUT2D eigenvalue weighted by atomic mass is 10.4. The minimum absolute atomic E-state index is 0.0157. The quantitative estimate of drug-likeness (QED) is 0.782. The van der Waals surface area contributed by atoms with E-state index in [9.17, 15) is 13.6 Å².